The zero-order valence-electron chi connectivity index (χ0n) is 12.3. The maximum atomic E-state index is 12.7. The Balaban J connectivity index is 1.96. The highest BCUT2D eigenvalue weighted by molar-refractivity contribution is 7.53. The molecule has 2 rings (SSSR count). The third kappa shape index (κ3) is 5.57. The van der Waals surface area contributed by atoms with Crippen molar-refractivity contribution in [3.05, 3.63) is 71.8 Å². The predicted octanol–water partition coefficient (Wildman–Crippen LogP) is 4.20. The minimum absolute atomic E-state index is 0.0934. The average molecular weight is 318 g/mol. The molecule has 0 aliphatic carbocycles. The first-order valence-corrected chi connectivity index (χ1v) is 8.84. The van der Waals surface area contributed by atoms with Crippen LogP contribution in [0.5, 0.6) is 0 Å². The molecule has 2 aromatic rings. The first kappa shape index (κ1) is 16.6. The van der Waals surface area contributed by atoms with Crippen LogP contribution in [-0.2, 0) is 31.6 Å². The summed E-state index contributed by atoms with van der Waals surface area (Å²) in [7, 11) is -3.30. The lowest BCUT2D eigenvalue weighted by molar-refractivity contribution is -0.107. The summed E-state index contributed by atoms with van der Waals surface area (Å²) in [5, 5.41) is 0. The molecule has 116 valence electrons. The van der Waals surface area contributed by atoms with Crippen LogP contribution < -0.4 is 0 Å². The van der Waals surface area contributed by atoms with Crippen molar-refractivity contribution in [2.24, 2.45) is 0 Å². The summed E-state index contributed by atoms with van der Waals surface area (Å²) in [5.41, 5.74) is 1.83. The highest BCUT2D eigenvalue weighted by Gasteiger charge is 2.24. The van der Waals surface area contributed by atoms with Gasteiger partial charge in [0.15, 0.2) is 0 Å². The second-order valence-corrected chi connectivity index (χ2v) is 6.99. The van der Waals surface area contributed by atoms with Crippen molar-refractivity contribution < 1.29 is 18.4 Å². The molecule has 2 aromatic carbocycles. The van der Waals surface area contributed by atoms with Crippen molar-refractivity contribution in [1.82, 2.24) is 0 Å². The molecule has 4 nitrogen and oxygen atoms in total. The van der Waals surface area contributed by atoms with Crippen molar-refractivity contribution in [2.75, 3.05) is 6.16 Å². The highest BCUT2D eigenvalue weighted by Crippen LogP contribution is 2.50. The normalized spacial score (nSPS) is 11.3. The van der Waals surface area contributed by atoms with Gasteiger partial charge in [0.2, 0.25) is 0 Å². The molecule has 0 heterocycles. The van der Waals surface area contributed by atoms with Crippen molar-refractivity contribution in [1.29, 1.82) is 0 Å². The first-order valence-electron chi connectivity index (χ1n) is 7.11. The Labute approximate surface area is 130 Å². The third-order valence-electron chi connectivity index (χ3n) is 3.06. The topological polar surface area (TPSA) is 52.6 Å². The van der Waals surface area contributed by atoms with Crippen molar-refractivity contribution in [2.45, 2.75) is 19.6 Å². The number of rotatable bonds is 9. The lowest BCUT2D eigenvalue weighted by Gasteiger charge is -2.18. The molecule has 0 fully saturated rings. The largest absolute Gasteiger partial charge is 0.331 e. The van der Waals surface area contributed by atoms with Crippen LogP contribution in [0.1, 0.15) is 17.5 Å². The summed E-state index contributed by atoms with van der Waals surface area (Å²) in [6.45, 7) is 0.400. The van der Waals surface area contributed by atoms with Gasteiger partial charge in [-0.2, -0.15) is 0 Å². The fourth-order valence-electron chi connectivity index (χ4n) is 1.87. The van der Waals surface area contributed by atoms with Gasteiger partial charge in [0.05, 0.1) is 19.4 Å². The van der Waals surface area contributed by atoms with E-state index in [0.29, 0.717) is 0 Å². The monoisotopic (exact) mass is 318 g/mol. The smallest absolute Gasteiger partial charge is 0.304 e. The van der Waals surface area contributed by atoms with Crippen molar-refractivity contribution in [3.8, 4) is 0 Å². The number of hydrogen-bond donors (Lipinski definition) is 0. The molecular weight excluding hydrogens is 299 g/mol. The standard InChI is InChI=1S/C17H19O4P/c18-12-7-13-22(19,20-14-16-8-3-1-4-9-16)21-15-17-10-5-2-6-11-17/h1-6,8-12H,7,13-15H2. The number of benzene rings is 2. The van der Waals surface area contributed by atoms with E-state index < -0.39 is 7.60 Å². The van der Waals surface area contributed by atoms with Crippen LogP contribution in [0, 0.1) is 0 Å². The summed E-state index contributed by atoms with van der Waals surface area (Å²) in [4.78, 5) is 10.6. The number of carbonyl (C=O) groups is 1. The van der Waals surface area contributed by atoms with E-state index in [2.05, 4.69) is 0 Å². The molecule has 0 aliphatic rings. The number of hydrogen-bond acceptors (Lipinski definition) is 4. The van der Waals surface area contributed by atoms with Gasteiger partial charge in [0.1, 0.15) is 6.29 Å². The first-order chi connectivity index (χ1) is 10.7. The van der Waals surface area contributed by atoms with Crippen molar-refractivity contribution >= 4 is 13.9 Å². The Morgan fingerprint density at radius 2 is 1.27 bits per heavy atom. The second kappa shape index (κ2) is 8.64. The van der Waals surface area contributed by atoms with Gasteiger partial charge in [0, 0.05) is 6.42 Å². The average Bonchev–Trinajstić information content (AvgIpc) is 2.59. The number of carbonyl (C=O) groups excluding carboxylic acids is 1. The molecule has 0 spiro atoms. The van der Waals surface area contributed by atoms with Crippen LogP contribution in [0.3, 0.4) is 0 Å². The van der Waals surface area contributed by atoms with Crippen LogP contribution >= 0.6 is 7.60 Å². The molecule has 22 heavy (non-hydrogen) atoms. The van der Waals surface area contributed by atoms with E-state index in [1.165, 1.54) is 0 Å². The lowest BCUT2D eigenvalue weighted by Crippen LogP contribution is -2.02. The van der Waals surface area contributed by atoms with Crippen LogP contribution in [0.15, 0.2) is 60.7 Å². The fourth-order valence-corrected chi connectivity index (χ4v) is 3.32. The predicted molar refractivity (Wildman–Crippen MR) is 85.6 cm³/mol. The molecule has 0 unspecified atom stereocenters. The van der Waals surface area contributed by atoms with Gasteiger partial charge in [-0.05, 0) is 11.1 Å². The molecule has 0 amide bonds. The van der Waals surface area contributed by atoms with Gasteiger partial charge in [-0.15, -0.1) is 0 Å². The van der Waals surface area contributed by atoms with Gasteiger partial charge < -0.3 is 13.8 Å². The van der Waals surface area contributed by atoms with Gasteiger partial charge in [-0.1, -0.05) is 60.7 Å². The molecule has 0 saturated heterocycles. The third-order valence-corrected chi connectivity index (χ3v) is 4.91. The SMILES string of the molecule is O=CCCP(=O)(OCc1ccccc1)OCc1ccccc1. The highest BCUT2D eigenvalue weighted by atomic mass is 31.2. The van der Waals surface area contributed by atoms with Gasteiger partial charge in [0.25, 0.3) is 0 Å². The summed E-state index contributed by atoms with van der Waals surface area (Å²) in [6, 6.07) is 18.9. The quantitative estimate of drug-likeness (QED) is 0.513. The molecule has 0 saturated carbocycles. The molecule has 0 N–H and O–H groups in total. The van der Waals surface area contributed by atoms with E-state index in [9.17, 15) is 9.36 Å². The van der Waals surface area contributed by atoms with Crippen LogP contribution in [0.25, 0.3) is 0 Å². The molecule has 0 bridgehead atoms. The van der Waals surface area contributed by atoms with E-state index in [4.69, 9.17) is 9.05 Å². The summed E-state index contributed by atoms with van der Waals surface area (Å²) in [6.07, 6.45) is 0.974. The fraction of sp³-hybridized carbons (Fsp3) is 0.235. The van der Waals surface area contributed by atoms with E-state index in [1.807, 2.05) is 60.7 Å². The van der Waals surface area contributed by atoms with Crippen LogP contribution in [0.2, 0.25) is 0 Å². The molecular formula is C17H19O4P. The zero-order valence-corrected chi connectivity index (χ0v) is 13.2. The Morgan fingerprint density at radius 3 is 1.68 bits per heavy atom. The maximum Gasteiger partial charge on any atom is 0.331 e. The van der Waals surface area contributed by atoms with E-state index in [0.717, 1.165) is 17.4 Å². The van der Waals surface area contributed by atoms with E-state index in [1.54, 1.807) is 0 Å². The van der Waals surface area contributed by atoms with Gasteiger partial charge in [-0.3, -0.25) is 4.57 Å². The zero-order chi connectivity index (χ0) is 15.7. The minimum Gasteiger partial charge on any atom is -0.304 e. The summed E-state index contributed by atoms with van der Waals surface area (Å²) >= 11 is 0. The summed E-state index contributed by atoms with van der Waals surface area (Å²) in [5.74, 6) is 0. The Kier molecular flexibility index (Phi) is 6.53. The Morgan fingerprint density at radius 1 is 0.818 bits per heavy atom. The maximum absolute atomic E-state index is 12.7. The van der Waals surface area contributed by atoms with Gasteiger partial charge in [-0.25, -0.2) is 0 Å². The van der Waals surface area contributed by atoms with E-state index in [-0.39, 0.29) is 25.8 Å². The number of aldehydes is 1. The molecule has 0 atom stereocenters. The lowest BCUT2D eigenvalue weighted by atomic mass is 10.2. The van der Waals surface area contributed by atoms with Crippen molar-refractivity contribution in [3.63, 3.8) is 0 Å². The molecule has 5 heteroatoms. The summed E-state index contributed by atoms with van der Waals surface area (Å²) < 4.78 is 23.7. The van der Waals surface area contributed by atoms with Gasteiger partial charge >= 0.3 is 7.60 Å². The van der Waals surface area contributed by atoms with Crippen LogP contribution in [-0.4, -0.2) is 12.4 Å². The Hall–Kier alpha value is -1.74. The minimum atomic E-state index is -3.30. The molecule has 0 aromatic heterocycles. The molecule has 0 aliphatic heterocycles. The second-order valence-electron chi connectivity index (χ2n) is 4.81. The Bertz CT molecular complexity index is 566. The van der Waals surface area contributed by atoms with E-state index >= 15 is 0 Å². The molecule has 0 radical (unpaired) electrons. The van der Waals surface area contributed by atoms with Crippen LogP contribution in [0.4, 0.5) is 0 Å².